The van der Waals surface area contributed by atoms with Gasteiger partial charge in [0.15, 0.2) is 0 Å². The average molecular weight is 350 g/mol. The lowest BCUT2D eigenvalue weighted by molar-refractivity contribution is -0.123. The normalized spacial score (nSPS) is 24.0. The van der Waals surface area contributed by atoms with Gasteiger partial charge in [-0.2, -0.15) is 0 Å². The molecule has 0 aliphatic carbocycles. The van der Waals surface area contributed by atoms with Crippen LogP contribution in [0.25, 0.3) is 0 Å². The maximum Gasteiger partial charge on any atom is 0.261 e. The number of carbonyl (C=O) groups is 2. The number of rotatable bonds is 3. The van der Waals surface area contributed by atoms with Crippen molar-refractivity contribution in [3.05, 3.63) is 16.5 Å². The molecule has 0 radical (unpaired) electrons. The van der Waals surface area contributed by atoms with E-state index < -0.39 is 5.41 Å². The van der Waals surface area contributed by atoms with E-state index in [1.54, 1.807) is 0 Å². The minimum Gasteiger partial charge on any atom is -0.347 e. The minimum atomic E-state index is -0.448. The van der Waals surface area contributed by atoms with Crippen LogP contribution in [0.1, 0.15) is 55.3 Å². The summed E-state index contributed by atoms with van der Waals surface area (Å²) >= 11 is 1.36. The van der Waals surface area contributed by atoms with Crippen molar-refractivity contribution in [3.63, 3.8) is 0 Å². The number of aryl methyl sites for hydroxylation is 1. The van der Waals surface area contributed by atoms with Crippen molar-refractivity contribution < 1.29 is 9.59 Å². The second kappa shape index (κ2) is 6.48. The standard InChI is InChI=1S/C18H27N3O2S/c1-11-10-14(20-17(23)18(2,3)4)24-15(11)16(22)19-12-7-9-21-8-5-6-13(12)21/h10,12-13H,5-9H2,1-4H3,(H,19,22)(H,20,23). The summed E-state index contributed by atoms with van der Waals surface area (Å²) in [5.41, 5.74) is 0.471. The number of hydrogen-bond donors (Lipinski definition) is 2. The molecule has 2 aliphatic heterocycles. The summed E-state index contributed by atoms with van der Waals surface area (Å²) < 4.78 is 0. The van der Waals surface area contributed by atoms with Crippen LogP contribution >= 0.6 is 11.3 Å². The number of anilines is 1. The molecule has 2 atom stereocenters. The largest absolute Gasteiger partial charge is 0.347 e. The molecule has 3 heterocycles. The van der Waals surface area contributed by atoms with E-state index in [0.717, 1.165) is 30.1 Å². The highest BCUT2D eigenvalue weighted by molar-refractivity contribution is 7.18. The van der Waals surface area contributed by atoms with Crippen LogP contribution in [-0.4, -0.2) is 41.9 Å². The van der Waals surface area contributed by atoms with Gasteiger partial charge >= 0.3 is 0 Å². The zero-order valence-corrected chi connectivity index (χ0v) is 15.8. The van der Waals surface area contributed by atoms with Gasteiger partial charge in [-0.25, -0.2) is 0 Å². The predicted octanol–water partition coefficient (Wildman–Crippen LogP) is 3.01. The molecule has 5 nitrogen and oxygen atoms in total. The molecule has 2 N–H and O–H groups in total. The smallest absolute Gasteiger partial charge is 0.261 e. The Morgan fingerprint density at radius 1 is 1.25 bits per heavy atom. The van der Waals surface area contributed by atoms with E-state index in [4.69, 9.17) is 0 Å². The number of hydrogen-bond acceptors (Lipinski definition) is 4. The van der Waals surface area contributed by atoms with E-state index in [-0.39, 0.29) is 17.9 Å². The molecule has 2 saturated heterocycles. The molecular weight excluding hydrogens is 322 g/mol. The number of nitrogens with one attached hydrogen (secondary N) is 2. The van der Waals surface area contributed by atoms with Crippen LogP contribution in [0.15, 0.2) is 6.07 Å². The molecule has 6 heteroatoms. The summed E-state index contributed by atoms with van der Waals surface area (Å²) in [5.74, 6) is -0.0411. The van der Waals surface area contributed by atoms with Crippen molar-refractivity contribution in [3.8, 4) is 0 Å². The fraction of sp³-hybridized carbons (Fsp3) is 0.667. The zero-order chi connectivity index (χ0) is 17.5. The fourth-order valence-corrected chi connectivity index (χ4v) is 4.52. The van der Waals surface area contributed by atoms with Gasteiger partial charge in [-0.15, -0.1) is 11.3 Å². The lowest BCUT2D eigenvalue weighted by Gasteiger charge is -2.21. The minimum absolute atomic E-state index is 0.00694. The average Bonchev–Trinajstić information content (AvgIpc) is 3.15. The van der Waals surface area contributed by atoms with Crippen molar-refractivity contribution >= 4 is 28.2 Å². The molecule has 0 spiro atoms. The third kappa shape index (κ3) is 3.49. The first kappa shape index (κ1) is 17.4. The highest BCUT2D eigenvalue weighted by atomic mass is 32.1. The Hall–Kier alpha value is -1.40. The van der Waals surface area contributed by atoms with Crippen molar-refractivity contribution in [2.75, 3.05) is 18.4 Å². The van der Waals surface area contributed by atoms with E-state index >= 15 is 0 Å². The van der Waals surface area contributed by atoms with E-state index in [1.807, 2.05) is 33.8 Å². The fourth-order valence-electron chi connectivity index (χ4n) is 3.55. The summed E-state index contributed by atoms with van der Waals surface area (Å²) in [6.07, 6.45) is 3.45. The van der Waals surface area contributed by atoms with Crippen LogP contribution in [0.3, 0.4) is 0 Å². The first-order chi connectivity index (χ1) is 11.3. The molecule has 24 heavy (non-hydrogen) atoms. The van der Waals surface area contributed by atoms with E-state index in [0.29, 0.717) is 10.9 Å². The molecule has 0 saturated carbocycles. The van der Waals surface area contributed by atoms with E-state index in [9.17, 15) is 9.59 Å². The number of thiophene rings is 1. The molecule has 1 aromatic rings. The summed E-state index contributed by atoms with van der Waals surface area (Å²) in [5, 5.41) is 6.88. The van der Waals surface area contributed by atoms with Crippen molar-refractivity contribution in [1.82, 2.24) is 10.2 Å². The van der Waals surface area contributed by atoms with Gasteiger partial charge in [0.1, 0.15) is 0 Å². The Morgan fingerprint density at radius 2 is 2.00 bits per heavy atom. The molecule has 132 valence electrons. The van der Waals surface area contributed by atoms with Gasteiger partial charge < -0.3 is 10.6 Å². The van der Waals surface area contributed by atoms with Crippen LogP contribution in [0.4, 0.5) is 5.00 Å². The van der Waals surface area contributed by atoms with Crippen molar-refractivity contribution in [2.24, 2.45) is 5.41 Å². The lowest BCUT2D eigenvalue weighted by atomic mass is 9.96. The summed E-state index contributed by atoms with van der Waals surface area (Å²) in [6.45, 7) is 9.82. The SMILES string of the molecule is Cc1cc(NC(=O)C(C)(C)C)sc1C(=O)NC1CCN2CCCC12. The van der Waals surface area contributed by atoms with Gasteiger partial charge in [0.25, 0.3) is 5.91 Å². The molecule has 3 rings (SSSR count). The molecule has 2 amide bonds. The summed E-state index contributed by atoms with van der Waals surface area (Å²) in [7, 11) is 0. The maximum atomic E-state index is 12.7. The van der Waals surface area contributed by atoms with Gasteiger partial charge in [0.2, 0.25) is 5.91 Å². The van der Waals surface area contributed by atoms with Crippen LogP contribution < -0.4 is 10.6 Å². The summed E-state index contributed by atoms with van der Waals surface area (Å²) in [4.78, 5) is 28.0. The third-order valence-corrected chi connectivity index (χ3v) is 6.12. The first-order valence-electron chi connectivity index (χ1n) is 8.72. The van der Waals surface area contributed by atoms with Gasteiger partial charge in [-0.1, -0.05) is 20.8 Å². The Labute approximate surface area is 147 Å². The van der Waals surface area contributed by atoms with Crippen molar-refractivity contribution in [1.29, 1.82) is 0 Å². The van der Waals surface area contributed by atoms with E-state index in [2.05, 4.69) is 15.5 Å². The van der Waals surface area contributed by atoms with Crippen LogP contribution in [0.5, 0.6) is 0 Å². The monoisotopic (exact) mass is 349 g/mol. The summed E-state index contributed by atoms with van der Waals surface area (Å²) in [6, 6.07) is 2.66. The first-order valence-corrected chi connectivity index (χ1v) is 9.54. The Morgan fingerprint density at radius 3 is 2.71 bits per heavy atom. The molecule has 0 aromatic carbocycles. The van der Waals surface area contributed by atoms with Gasteiger partial charge in [-0.3, -0.25) is 14.5 Å². The second-order valence-electron chi connectivity index (χ2n) is 7.94. The van der Waals surface area contributed by atoms with Crippen LogP contribution in [-0.2, 0) is 4.79 Å². The molecule has 2 fully saturated rings. The Balaban J connectivity index is 1.66. The topological polar surface area (TPSA) is 61.4 Å². The van der Waals surface area contributed by atoms with Crippen LogP contribution in [0.2, 0.25) is 0 Å². The predicted molar refractivity (Wildman–Crippen MR) is 97.6 cm³/mol. The lowest BCUT2D eigenvalue weighted by Crippen LogP contribution is -2.42. The van der Waals surface area contributed by atoms with Crippen LogP contribution in [0, 0.1) is 12.3 Å². The molecule has 2 unspecified atom stereocenters. The Bertz CT molecular complexity index is 647. The Kier molecular flexibility index (Phi) is 4.71. The zero-order valence-electron chi connectivity index (χ0n) is 14.9. The number of carbonyl (C=O) groups excluding carboxylic acids is 2. The van der Waals surface area contributed by atoms with Gasteiger partial charge in [0.05, 0.1) is 9.88 Å². The van der Waals surface area contributed by atoms with E-state index in [1.165, 1.54) is 24.2 Å². The quantitative estimate of drug-likeness (QED) is 0.882. The molecule has 0 bridgehead atoms. The number of amides is 2. The molecule has 1 aromatic heterocycles. The van der Waals surface area contributed by atoms with Crippen molar-refractivity contribution in [2.45, 2.75) is 59.0 Å². The highest BCUT2D eigenvalue weighted by Crippen LogP contribution is 2.31. The third-order valence-electron chi connectivity index (χ3n) is 4.96. The van der Waals surface area contributed by atoms with Gasteiger partial charge in [0, 0.05) is 24.0 Å². The molecule has 2 aliphatic rings. The number of nitrogens with zero attached hydrogens (tertiary/aromatic N) is 1. The van der Waals surface area contributed by atoms with Gasteiger partial charge in [-0.05, 0) is 44.4 Å². The molecular formula is C18H27N3O2S. The highest BCUT2D eigenvalue weighted by Gasteiger charge is 2.38. The maximum absolute atomic E-state index is 12.7. The number of fused-ring (bicyclic) bond motifs is 1. The second-order valence-corrected chi connectivity index (χ2v) is 8.99.